The Bertz CT molecular complexity index is 768. The van der Waals surface area contributed by atoms with E-state index in [0.29, 0.717) is 23.8 Å². The first-order valence-corrected chi connectivity index (χ1v) is 9.84. The molecule has 0 bridgehead atoms. The van der Waals surface area contributed by atoms with Gasteiger partial charge in [0.25, 0.3) is 0 Å². The van der Waals surface area contributed by atoms with Crippen molar-refractivity contribution in [1.82, 2.24) is 4.90 Å². The van der Waals surface area contributed by atoms with Gasteiger partial charge in [-0.05, 0) is 41.8 Å². The molecule has 2 aromatic rings. The maximum absolute atomic E-state index is 12.3. The molecule has 1 aliphatic heterocycles. The molecule has 25 heavy (non-hydrogen) atoms. The van der Waals surface area contributed by atoms with E-state index in [1.807, 2.05) is 35.2 Å². The molecule has 0 aliphatic carbocycles. The zero-order chi connectivity index (χ0) is 17.8. The van der Waals surface area contributed by atoms with E-state index in [2.05, 4.69) is 28.1 Å². The van der Waals surface area contributed by atoms with Crippen LogP contribution in [0.5, 0.6) is 11.5 Å². The van der Waals surface area contributed by atoms with Crippen molar-refractivity contribution >= 4 is 33.6 Å². The Hall–Kier alpha value is -1.66. The van der Waals surface area contributed by atoms with Crippen LogP contribution in [0.4, 0.5) is 0 Å². The maximum atomic E-state index is 12.3. The third kappa shape index (κ3) is 4.12. The molecule has 6 heteroatoms. The number of nitrogens with zero attached hydrogens (tertiary/aromatic N) is 1. The Morgan fingerprint density at radius 1 is 1.16 bits per heavy atom. The van der Waals surface area contributed by atoms with E-state index in [4.69, 9.17) is 9.47 Å². The predicted octanol–water partition coefficient (Wildman–Crippen LogP) is 4.28. The molecule has 1 atom stereocenters. The number of hydrogen-bond acceptors (Lipinski definition) is 4. The minimum absolute atomic E-state index is 0.0742. The van der Waals surface area contributed by atoms with E-state index in [1.165, 1.54) is 0 Å². The summed E-state index contributed by atoms with van der Waals surface area (Å²) < 4.78 is 11.7. The average molecular weight is 422 g/mol. The van der Waals surface area contributed by atoms with Gasteiger partial charge in [0.1, 0.15) is 5.37 Å². The molecule has 0 unspecified atom stereocenters. The first-order chi connectivity index (χ1) is 12.1. The summed E-state index contributed by atoms with van der Waals surface area (Å²) >= 11 is 5.19. The van der Waals surface area contributed by atoms with Gasteiger partial charge in [-0.2, -0.15) is 0 Å². The van der Waals surface area contributed by atoms with Gasteiger partial charge in [0.05, 0.1) is 20.0 Å². The van der Waals surface area contributed by atoms with Crippen LogP contribution in [0.15, 0.2) is 46.9 Å². The highest BCUT2D eigenvalue weighted by molar-refractivity contribution is 9.10. The van der Waals surface area contributed by atoms with Crippen molar-refractivity contribution in [1.29, 1.82) is 0 Å². The average Bonchev–Trinajstić information content (AvgIpc) is 3.00. The number of ether oxygens (including phenoxy) is 2. The fourth-order valence-corrected chi connectivity index (χ4v) is 4.54. The van der Waals surface area contributed by atoms with E-state index < -0.39 is 0 Å². The first-order valence-electron chi connectivity index (χ1n) is 8.00. The van der Waals surface area contributed by atoms with Crippen LogP contribution in [0.1, 0.15) is 16.5 Å². The predicted molar refractivity (Wildman–Crippen MR) is 104 cm³/mol. The lowest BCUT2D eigenvalue weighted by Gasteiger charge is -2.24. The van der Waals surface area contributed by atoms with Gasteiger partial charge in [0, 0.05) is 11.0 Å². The minimum Gasteiger partial charge on any atom is -0.493 e. The number of carbonyl (C=O) groups is 1. The number of benzene rings is 2. The van der Waals surface area contributed by atoms with Crippen molar-refractivity contribution in [3.63, 3.8) is 0 Å². The Balaban J connectivity index is 1.73. The van der Waals surface area contributed by atoms with E-state index in [-0.39, 0.29) is 11.3 Å². The van der Waals surface area contributed by atoms with Crippen LogP contribution >= 0.6 is 27.7 Å². The normalized spacial score (nSPS) is 17.0. The zero-order valence-electron chi connectivity index (χ0n) is 14.2. The molecule has 1 fully saturated rings. The molecule has 0 N–H and O–H groups in total. The second-order valence-electron chi connectivity index (χ2n) is 5.74. The van der Waals surface area contributed by atoms with E-state index in [0.717, 1.165) is 22.0 Å². The highest BCUT2D eigenvalue weighted by Gasteiger charge is 2.32. The van der Waals surface area contributed by atoms with Crippen molar-refractivity contribution < 1.29 is 14.3 Å². The van der Waals surface area contributed by atoms with Crippen LogP contribution in [0, 0.1) is 0 Å². The second-order valence-corrected chi connectivity index (χ2v) is 7.73. The third-order valence-electron chi connectivity index (χ3n) is 4.19. The molecule has 0 aromatic heterocycles. The Morgan fingerprint density at radius 3 is 2.68 bits per heavy atom. The summed E-state index contributed by atoms with van der Waals surface area (Å²) in [7, 11) is 3.26. The van der Waals surface area contributed by atoms with Gasteiger partial charge in [0.2, 0.25) is 5.91 Å². The van der Waals surface area contributed by atoms with Crippen molar-refractivity contribution in [3.05, 3.63) is 58.1 Å². The van der Waals surface area contributed by atoms with Gasteiger partial charge in [-0.3, -0.25) is 4.79 Å². The molecule has 132 valence electrons. The molecular weight excluding hydrogens is 402 g/mol. The molecule has 1 amide bonds. The Morgan fingerprint density at radius 2 is 1.96 bits per heavy atom. The number of methoxy groups -OCH3 is 2. The summed E-state index contributed by atoms with van der Waals surface area (Å²) in [5.41, 5.74) is 2.27. The number of halogens is 1. The Kier molecular flexibility index (Phi) is 5.91. The number of rotatable bonds is 6. The molecule has 0 spiro atoms. The minimum atomic E-state index is 0.0742. The second kappa shape index (κ2) is 8.15. The monoisotopic (exact) mass is 421 g/mol. The van der Waals surface area contributed by atoms with E-state index in [1.54, 1.807) is 26.0 Å². The maximum Gasteiger partial charge on any atom is 0.233 e. The standard InChI is InChI=1S/C19H20BrNO3S/c1-23-16-7-6-13(10-17(16)24-2)8-9-21-18(22)12-25-19(21)14-4-3-5-15(20)11-14/h3-7,10-11,19H,8-9,12H2,1-2H3/t19-/m1/s1. The van der Waals surface area contributed by atoms with Crippen LogP contribution in [-0.4, -0.2) is 37.3 Å². The van der Waals surface area contributed by atoms with Crippen LogP contribution in [0.3, 0.4) is 0 Å². The lowest BCUT2D eigenvalue weighted by molar-refractivity contribution is -0.128. The topological polar surface area (TPSA) is 38.8 Å². The van der Waals surface area contributed by atoms with Crippen molar-refractivity contribution in [2.24, 2.45) is 0 Å². The number of amides is 1. The molecule has 3 rings (SSSR count). The highest BCUT2D eigenvalue weighted by atomic mass is 79.9. The van der Waals surface area contributed by atoms with Gasteiger partial charge in [-0.15, -0.1) is 11.8 Å². The first kappa shape index (κ1) is 18.1. The van der Waals surface area contributed by atoms with Crippen LogP contribution in [0.2, 0.25) is 0 Å². The molecule has 1 heterocycles. The lowest BCUT2D eigenvalue weighted by Crippen LogP contribution is -2.30. The summed E-state index contributed by atoms with van der Waals surface area (Å²) in [5, 5.41) is 0.0742. The van der Waals surface area contributed by atoms with Crippen molar-refractivity contribution in [2.45, 2.75) is 11.8 Å². The van der Waals surface area contributed by atoms with Crippen LogP contribution < -0.4 is 9.47 Å². The van der Waals surface area contributed by atoms with Crippen molar-refractivity contribution in [2.75, 3.05) is 26.5 Å². The van der Waals surface area contributed by atoms with Crippen LogP contribution in [0.25, 0.3) is 0 Å². The van der Waals surface area contributed by atoms with Gasteiger partial charge in [-0.25, -0.2) is 0 Å². The fourth-order valence-electron chi connectivity index (χ4n) is 2.92. The molecular formula is C19H20BrNO3S. The summed E-state index contributed by atoms with van der Waals surface area (Å²) in [4.78, 5) is 14.3. The smallest absolute Gasteiger partial charge is 0.233 e. The molecule has 0 radical (unpaired) electrons. The highest BCUT2D eigenvalue weighted by Crippen LogP contribution is 2.39. The van der Waals surface area contributed by atoms with Gasteiger partial charge >= 0.3 is 0 Å². The zero-order valence-corrected chi connectivity index (χ0v) is 16.6. The van der Waals surface area contributed by atoms with Gasteiger partial charge in [0.15, 0.2) is 11.5 Å². The third-order valence-corrected chi connectivity index (χ3v) is 5.94. The lowest BCUT2D eigenvalue weighted by atomic mass is 10.1. The van der Waals surface area contributed by atoms with Crippen molar-refractivity contribution in [3.8, 4) is 11.5 Å². The number of carbonyl (C=O) groups excluding carboxylic acids is 1. The SMILES string of the molecule is COc1ccc(CCN2C(=O)CS[C@@H]2c2cccc(Br)c2)cc1OC. The molecule has 4 nitrogen and oxygen atoms in total. The van der Waals surface area contributed by atoms with E-state index in [9.17, 15) is 4.79 Å². The van der Waals surface area contributed by atoms with Crippen LogP contribution in [-0.2, 0) is 11.2 Å². The summed E-state index contributed by atoms with van der Waals surface area (Å²) in [5.74, 6) is 2.15. The molecule has 2 aromatic carbocycles. The largest absolute Gasteiger partial charge is 0.493 e. The van der Waals surface area contributed by atoms with E-state index >= 15 is 0 Å². The summed E-state index contributed by atoms with van der Waals surface area (Å²) in [6, 6.07) is 14.1. The van der Waals surface area contributed by atoms with Gasteiger partial charge in [-0.1, -0.05) is 34.1 Å². The summed E-state index contributed by atoms with van der Waals surface area (Å²) in [6.45, 7) is 0.679. The molecule has 1 aliphatic rings. The quantitative estimate of drug-likeness (QED) is 0.697. The van der Waals surface area contributed by atoms with Gasteiger partial charge < -0.3 is 14.4 Å². The Labute approximate surface area is 160 Å². The molecule has 0 saturated carbocycles. The number of hydrogen-bond donors (Lipinski definition) is 0. The fraction of sp³-hybridized carbons (Fsp3) is 0.316. The number of thioether (sulfide) groups is 1. The molecule has 1 saturated heterocycles. The summed E-state index contributed by atoms with van der Waals surface area (Å²) in [6.07, 6.45) is 0.775.